The van der Waals surface area contributed by atoms with Gasteiger partial charge in [-0.05, 0) is 38.5 Å². The maximum atomic E-state index is 6.41. The smallest absolute Gasteiger partial charge is 0.373 e. The number of epoxide rings is 1. The molecular formula is C18H36O4Si. The fourth-order valence-corrected chi connectivity index (χ4v) is 6.56. The molecule has 0 spiro atoms. The number of rotatable bonds is 13. The molecule has 0 N–H and O–H groups in total. The molecule has 2 aliphatic rings. The molecular weight excluding hydrogens is 308 g/mol. The largest absolute Gasteiger partial charge is 0.504 e. The molecule has 0 amide bonds. The Balaban J connectivity index is 2.01. The van der Waals surface area contributed by atoms with E-state index in [0.29, 0.717) is 17.7 Å². The third-order valence-corrected chi connectivity index (χ3v) is 8.25. The van der Waals surface area contributed by atoms with E-state index in [1.165, 1.54) is 0 Å². The van der Waals surface area contributed by atoms with Crippen LogP contribution in [0.3, 0.4) is 0 Å². The first-order valence-electron chi connectivity index (χ1n) is 9.83. The van der Waals surface area contributed by atoms with Gasteiger partial charge in [-0.2, -0.15) is 0 Å². The van der Waals surface area contributed by atoms with Crippen LogP contribution in [0.1, 0.15) is 78.6 Å². The highest BCUT2D eigenvalue weighted by molar-refractivity contribution is 6.62. The molecule has 1 saturated carbocycles. The lowest BCUT2D eigenvalue weighted by Gasteiger charge is -2.37. The van der Waals surface area contributed by atoms with E-state index in [2.05, 4.69) is 20.8 Å². The van der Waals surface area contributed by atoms with Gasteiger partial charge < -0.3 is 18.0 Å². The average molecular weight is 345 g/mol. The zero-order chi connectivity index (χ0) is 16.5. The van der Waals surface area contributed by atoms with E-state index in [1.807, 2.05) is 0 Å². The number of hydrogen-bond acceptors (Lipinski definition) is 4. The summed E-state index contributed by atoms with van der Waals surface area (Å²) in [5.41, 5.74) is 0.428. The van der Waals surface area contributed by atoms with Gasteiger partial charge >= 0.3 is 8.80 Å². The highest BCUT2D eigenvalue weighted by Gasteiger charge is 2.56. The second-order valence-electron chi connectivity index (χ2n) is 6.93. The fraction of sp³-hybridized carbons (Fsp3) is 1.00. The zero-order valence-electron chi connectivity index (χ0n) is 15.4. The van der Waals surface area contributed by atoms with Crippen LogP contribution < -0.4 is 0 Å². The third kappa shape index (κ3) is 5.82. The summed E-state index contributed by atoms with van der Waals surface area (Å²) >= 11 is 0. The van der Waals surface area contributed by atoms with Crippen molar-refractivity contribution < 1.29 is 18.0 Å². The van der Waals surface area contributed by atoms with Crippen LogP contribution in [0.25, 0.3) is 0 Å². The summed E-state index contributed by atoms with van der Waals surface area (Å²) in [6.07, 6.45) is 11.0. The Morgan fingerprint density at radius 2 is 1.30 bits per heavy atom. The molecule has 0 bridgehead atoms. The summed E-state index contributed by atoms with van der Waals surface area (Å²) < 4.78 is 25.0. The minimum absolute atomic E-state index is 0.428. The van der Waals surface area contributed by atoms with E-state index in [0.717, 1.165) is 77.6 Å². The molecule has 3 unspecified atom stereocenters. The lowest BCUT2D eigenvalue weighted by molar-refractivity contribution is 0.0431. The van der Waals surface area contributed by atoms with E-state index < -0.39 is 8.80 Å². The van der Waals surface area contributed by atoms with Crippen LogP contribution in [0.4, 0.5) is 0 Å². The van der Waals surface area contributed by atoms with Crippen molar-refractivity contribution in [3.05, 3.63) is 0 Å². The van der Waals surface area contributed by atoms with Gasteiger partial charge in [0.15, 0.2) is 0 Å². The van der Waals surface area contributed by atoms with Crippen LogP contribution in [0, 0.1) is 0 Å². The van der Waals surface area contributed by atoms with Crippen molar-refractivity contribution in [1.82, 2.24) is 0 Å². The Hall–Kier alpha value is 0.0569. The van der Waals surface area contributed by atoms with Crippen molar-refractivity contribution in [2.45, 2.75) is 96.3 Å². The molecule has 1 aliphatic carbocycles. The van der Waals surface area contributed by atoms with Crippen LogP contribution in [0.2, 0.25) is 5.54 Å². The molecule has 136 valence electrons. The molecule has 1 saturated heterocycles. The van der Waals surface area contributed by atoms with Crippen molar-refractivity contribution >= 4 is 8.80 Å². The molecule has 0 radical (unpaired) electrons. The molecule has 0 aromatic heterocycles. The fourth-order valence-electron chi connectivity index (χ4n) is 3.28. The minimum Gasteiger partial charge on any atom is -0.373 e. The average Bonchev–Trinajstić information content (AvgIpc) is 3.33. The maximum absolute atomic E-state index is 6.41. The summed E-state index contributed by atoms with van der Waals surface area (Å²) in [6.45, 7) is 8.91. The van der Waals surface area contributed by atoms with Gasteiger partial charge in [0.1, 0.15) is 0 Å². The van der Waals surface area contributed by atoms with Gasteiger partial charge in [-0.25, -0.2) is 0 Å². The molecule has 2 rings (SSSR count). The maximum Gasteiger partial charge on any atom is 0.504 e. The molecule has 4 nitrogen and oxygen atoms in total. The summed E-state index contributed by atoms with van der Waals surface area (Å²) in [6, 6.07) is 0. The first-order chi connectivity index (χ1) is 11.3. The van der Waals surface area contributed by atoms with Crippen molar-refractivity contribution in [1.29, 1.82) is 0 Å². The van der Waals surface area contributed by atoms with Crippen molar-refractivity contribution in [2.24, 2.45) is 0 Å². The van der Waals surface area contributed by atoms with Crippen LogP contribution >= 0.6 is 0 Å². The van der Waals surface area contributed by atoms with Crippen molar-refractivity contribution in [2.75, 3.05) is 19.8 Å². The first kappa shape index (κ1) is 19.4. The molecule has 0 aromatic carbocycles. The number of hydrogen-bond donors (Lipinski definition) is 0. The highest BCUT2D eigenvalue weighted by Crippen LogP contribution is 2.47. The minimum atomic E-state index is -2.60. The molecule has 2 fully saturated rings. The van der Waals surface area contributed by atoms with E-state index in [-0.39, 0.29) is 0 Å². The monoisotopic (exact) mass is 344 g/mol. The molecule has 1 heterocycles. The van der Waals surface area contributed by atoms with Crippen molar-refractivity contribution in [3.63, 3.8) is 0 Å². The third-order valence-electron chi connectivity index (χ3n) is 4.91. The topological polar surface area (TPSA) is 40.2 Å². The summed E-state index contributed by atoms with van der Waals surface area (Å²) in [5.74, 6) is 0. The molecule has 5 heteroatoms. The van der Waals surface area contributed by atoms with Gasteiger partial charge in [-0.15, -0.1) is 0 Å². The number of fused-ring (bicyclic) bond motifs is 1. The number of ether oxygens (including phenoxy) is 1. The van der Waals surface area contributed by atoms with Crippen molar-refractivity contribution in [3.8, 4) is 0 Å². The van der Waals surface area contributed by atoms with Gasteiger partial charge in [0.2, 0.25) is 0 Å². The van der Waals surface area contributed by atoms with Crippen LogP contribution in [0.15, 0.2) is 0 Å². The van der Waals surface area contributed by atoms with Crippen LogP contribution in [-0.2, 0) is 18.0 Å². The van der Waals surface area contributed by atoms with E-state index in [4.69, 9.17) is 18.0 Å². The van der Waals surface area contributed by atoms with E-state index in [9.17, 15) is 0 Å². The Bertz CT molecular complexity index is 300. The SMILES string of the molecule is CCCCO[Si](OCCCC)(OCCCC)C1CCC2OC2C1. The van der Waals surface area contributed by atoms with Crippen LogP contribution in [-0.4, -0.2) is 40.8 Å². The van der Waals surface area contributed by atoms with E-state index >= 15 is 0 Å². The standard InChI is InChI=1S/C18H36O4Si/c1-4-7-12-19-23(20-13-8-5-2,21-14-9-6-3)16-10-11-17-18(15-16)22-17/h16-18H,4-15H2,1-3H3. The van der Waals surface area contributed by atoms with Crippen LogP contribution in [0.5, 0.6) is 0 Å². The summed E-state index contributed by atoms with van der Waals surface area (Å²) in [7, 11) is -2.60. The Morgan fingerprint density at radius 3 is 1.74 bits per heavy atom. The normalized spacial score (nSPS) is 27.0. The molecule has 0 aromatic rings. The van der Waals surface area contributed by atoms with Gasteiger partial charge in [-0.3, -0.25) is 0 Å². The van der Waals surface area contributed by atoms with Gasteiger partial charge in [0.25, 0.3) is 0 Å². The quantitative estimate of drug-likeness (QED) is 0.276. The van der Waals surface area contributed by atoms with Gasteiger partial charge in [0.05, 0.1) is 12.2 Å². The highest BCUT2D eigenvalue weighted by atomic mass is 28.4. The zero-order valence-corrected chi connectivity index (χ0v) is 16.4. The summed E-state index contributed by atoms with van der Waals surface area (Å²) in [4.78, 5) is 0. The lowest BCUT2D eigenvalue weighted by atomic mass is 10.0. The molecule has 3 atom stereocenters. The molecule has 1 aliphatic heterocycles. The predicted octanol–water partition coefficient (Wildman–Crippen LogP) is 4.70. The summed E-state index contributed by atoms with van der Waals surface area (Å²) in [5, 5.41) is 0. The lowest BCUT2D eigenvalue weighted by Crippen LogP contribution is -2.52. The second-order valence-corrected chi connectivity index (χ2v) is 9.82. The van der Waals surface area contributed by atoms with Gasteiger partial charge in [-0.1, -0.05) is 40.0 Å². The molecule has 23 heavy (non-hydrogen) atoms. The van der Waals surface area contributed by atoms with Gasteiger partial charge in [0, 0.05) is 25.4 Å². The predicted molar refractivity (Wildman–Crippen MR) is 94.6 cm³/mol. The Labute approximate surface area is 143 Å². The van der Waals surface area contributed by atoms with E-state index in [1.54, 1.807) is 0 Å². The Morgan fingerprint density at radius 1 is 0.783 bits per heavy atom. The number of unbranched alkanes of at least 4 members (excludes halogenated alkanes) is 3. The Kier molecular flexibility index (Phi) is 8.54. The first-order valence-corrected chi connectivity index (χ1v) is 11.6. The second kappa shape index (κ2) is 10.1.